The fourth-order valence-electron chi connectivity index (χ4n) is 15.4. The van der Waals surface area contributed by atoms with Crippen molar-refractivity contribution in [2.75, 3.05) is 0 Å². The van der Waals surface area contributed by atoms with Crippen LogP contribution >= 0.6 is 22.7 Å². The van der Waals surface area contributed by atoms with Crippen molar-refractivity contribution in [3.05, 3.63) is 508 Å². The number of nitrogens with zero attached hydrogens (tertiary/aromatic N) is 8. The number of fused-ring (bicyclic) bond motifs is 12. The summed E-state index contributed by atoms with van der Waals surface area (Å²) in [6.45, 7) is 10.3. The molecule has 13 aromatic carbocycles. The summed E-state index contributed by atoms with van der Waals surface area (Å²) in [7, 11) is 0. The van der Waals surface area contributed by atoms with Gasteiger partial charge in [0, 0.05) is 176 Å². The van der Waals surface area contributed by atoms with Gasteiger partial charge in [0.15, 0.2) is 0 Å². The summed E-state index contributed by atoms with van der Waals surface area (Å²) in [6.07, 6.45) is 14.8. The van der Waals surface area contributed by atoms with Crippen LogP contribution in [0.1, 0.15) is 27.8 Å². The molecule has 0 aliphatic carbocycles. The maximum atomic E-state index is 6.00. The van der Waals surface area contributed by atoms with Crippen LogP contribution in [0.5, 0.6) is 0 Å². The SMILES string of the molecule is Cc1cc(-c2[c-]cccc2)ncc1-c1ccccc1.Cc1ccc(-c2[c-]ccc3c2oc2ccccc23)nc1.Cc1ccc(-c2[c-]cccc2)nc1.Cc1ccnc(-c2[c-]cc3sc4ccccc4c3c2)c1.Cc1ccnc(-c2[c-]cccc2)c1.[Ir].[Ir].[Ir].[Ir].[Ir].[c-]1cc2sc3ccccc3c2cc1-c1ccccn1.[c-]1ccc2c(oc3ccccc32)c1-c1ccccn1.[c-]1ccccc1-c1ccccn1. The summed E-state index contributed by atoms with van der Waals surface area (Å²) in [4.78, 5) is 35.1. The second-order valence-corrected chi connectivity index (χ2v) is 33.9. The maximum Gasteiger partial charge on any atom is 0.120 e. The van der Waals surface area contributed by atoms with Crippen molar-refractivity contribution in [2.45, 2.75) is 34.6 Å². The van der Waals surface area contributed by atoms with E-state index in [-0.39, 0.29) is 101 Å². The van der Waals surface area contributed by atoms with Crippen molar-refractivity contribution < 1.29 is 109 Å². The fourth-order valence-corrected chi connectivity index (χ4v) is 17.5. The van der Waals surface area contributed by atoms with Gasteiger partial charge in [-0.15, -0.1) is 228 Å². The first kappa shape index (κ1) is 104. The number of thiophene rings is 2. The van der Waals surface area contributed by atoms with Gasteiger partial charge in [-0.1, -0.05) is 226 Å². The Morgan fingerprint density at radius 2 is 0.579 bits per heavy atom. The predicted molar refractivity (Wildman–Crippen MR) is 558 cm³/mol. The zero-order valence-corrected chi connectivity index (χ0v) is 90.0. The van der Waals surface area contributed by atoms with Crippen LogP contribution in [0.2, 0.25) is 0 Å². The summed E-state index contributed by atoms with van der Waals surface area (Å²) < 4.78 is 17.2. The standard InChI is InChI=1S/C18H12NO.C18H12NS.C18H14N.C17H10NO.C17H10NS.2C12H10N.C11H8N.5Ir/c1-12-9-10-16(19-11-12)15-7-4-6-14-13-5-2-3-8-17(13)20-18(14)15;1-12-8-9-19-16(10-12)13-6-7-18-15(11-13)14-4-2-3-5-17(14)20-18;1-14-12-18(16-10-6-3-7-11-16)19-13-17(14)15-8-4-2-5-9-15;1-2-10-16-12(6-1)13-7-5-8-14(17(13)19-16)15-9-3-4-11-18-15;1-2-7-16-13(5-1)14-11-12(8-9-17(14)19-16)15-6-3-4-10-18-15;1-10-7-8-13-12(9-10)11-5-3-2-4-6-11;1-10-7-8-12(13-9-10)11-5-3-2-4-6-11;1-2-6-10(7-3-1)11-8-4-5-9-12-11;;;;;/h2-6,8-11H,1H3;2-5,7-11H,1H3;2-10,12-13H,1H3;2*1-7,9-11H;2*2-5,7-9H,1H3;1-6,8-9H;;;;;/q8*-1;;;;;. The zero-order valence-electron chi connectivity index (χ0n) is 76.4. The van der Waals surface area contributed by atoms with Gasteiger partial charge < -0.3 is 48.7 Å². The van der Waals surface area contributed by atoms with E-state index in [0.717, 1.165) is 139 Å². The van der Waals surface area contributed by atoms with Crippen LogP contribution in [0.15, 0.2) is 441 Å². The minimum atomic E-state index is 0. The number of aromatic nitrogens is 8. The van der Waals surface area contributed by atoms with Gasteiger partial charge >= 0.3 is 0 Å². The number of para-hydroxylation sites is 2. The average molecular weight is 2730 g/mol. The van der Waals surface area contributed by atoms with Gasteiger partial charge in [0.1, 0.15) is 11.2 Å². The average Bonchev–Trinajstić information content (AvgIpc) is 1.64. The van der Waals surface area contributed by atoms with Crippen LogP contribution in [0.25, 0.3) is 185 Å². The molecule has 25 rings (SSSR count). The third kappa shape index (κ3) is 26.1. The molecule has 695 valence electrons. The normalized spacial score (nSPS) is 10.3. The Labute approximate surface area is 891 Å². The smallest absolute Gasteiger partial charge is 0.120 e. The largest absolute Gasteiger partial charge is 0.501 e. The van der Waals surface area contributed by atoms with Crippen molar-refractivity contribution in [2.24, 2.45) is 0 Å². The molecule has 0 unspecified atom stereocenters. The summed E-state index contributed by atoms with van der Waals surface area (Å²) in [5, 5.41) is 9.69. The number of benzene rings is 13. The molecule has 0 atom stereocenters. The van der Waals surface area contributed by atoms with Gasteiger partial charge in [0.05, 0.1) is 11.2 Å². The van der Waals surface area contributed by atoms with E-state index in [1.807, 2.05) is 328 Å². The third-order valence-electron chi connectivity index (χ3n) is 22.1. The molecular formula is C123H86Ir5N8O2S2-8. The molecule has 10 nitrogen and oxygen atoms in total. The quantitative estimate of drug-likeness (QED) is 0.129. The Hall–Kier alpha value is -13.7. The molecule has 0 aliphatic heterocycles. The summed E-state index contributed by atoms with van der Waals surface area (Å²) in [5.74, 6) is 0. The Kier molecular flexibility index (Phi) is 38.0. The van der Waals surface area contributed by atoms with Crippen LogP contribution in [0.4, 0.5) is 0 Å². The fraction of sp³-hybridized carbons (Fsp3) is 0.0407. The summed E-state index contributed by atoms with van der Waals surface area (Å²) >= 11 is 3.63. The van der Waals surface area contributed by atoms with Crippen molar-refractivity contribution in [1.82, 2.24) is 39.9 Å². The molecule has 0 saturated heterocycles. The number of hydrogen-bond acceptors (Lipinski definition) is 12. The van der Waals surface area contributed by atoms with E-state index in [1.54, 1.807) is 12.4 Å². The molecule has 0 amide bonds. The molecule has 12 aromatic heterocycles. The van der Waals surface area contributed by atoms with Gasteiger partial charge in [-0.05, 0) is 177 Å². The number of aryl methyl sites for hydroxylation is 5. The summed E-state index contributed by atoms with van der Waals surface area (Å²) in [5.41, 5.74) is 27.6. The Morgan fingerprint density at radius 3 is 1.00 bits per heavy atom. The number of furan rings is 2. The molecule has 0 saturated carbocycles. The Bertz CT molecular complexity index is 8170. The molecule has 140 heavy (non-hydrogen) atoms. The Morgan fingerprint density at radius 1 is 0.221 bits per heavy atom. The molecule has 25 aromatic rings. The molecule has 0 aliphatic rings. The van der Waals surface area contributed by atoms with Gasteiger partial charge in [0.2, 0.25) is 0 Å². The molecule has 0 spiro atoms. The minimum Gasteiger partial charge on any atom is -0.501 e. The van der Waals surface area contributed by atoms with Crippen molar-refractivity contribution in [1.29, 1.82) is 0 Å². The van der Waals surface area contributed by atoms with Crippen molar-refractivity contribution >= 4 is 107 Å². The van der Waals surface area contributed by atoms with E-state index >= 15 is 0 Å². The molecule has 0 N–H and O–H groups in total. The van der Waals surface area contributed by atoms with Gasteiger partial charge in [-0.25, -0.2) is 0 Å². The van der Waals surface area contributed by atoms with Crippen LogP contribution in [-0.4, -0.2) is 39.9 Å². The predicted octanol–water partition coefficient (Wildman–Crippen LogP) is 32.1. The van der Waals surface area contributed by atoms with E-state index in [4.69, 9.17) is 8.83 Å². The van der Waals surface area contributed by atoms with E-state index < -0.39 is 0 Å². The van der Waals surface area contributed by atoms with Gasteiger partial charge in [0.25, 0.3) is 0 Å². The summed E-state index contributed by atoms with van der Waals surface area (Å²) in [6, 6.07) is 153. The first-order valence-corrected chi connectivity index (χ1v) is 45.8. The van der Waals surface area contributed by atoms with Crippen LogP contribution in [0.3, 0.4) is 0 Å². The van der Waals surface area contributed by atoms with E-state index in [0.29, 0.717) is 0 Å². The second kappa shape index (κ2) is 51.3. The van der Waals surface area contributed by atoms with Gasteiger partial charge in [-0.2, -0.15) is 22.7 Å². The zero-order chi connectivity index (χ0) is 91.9. The first-order chi connectivity index (χ1) is 66.5. The molecule has 17 heteroatoms. The van der Waals surface area contributed by atoms with Crippen LogP contribution in [-0.2, 0) is 101 Å². The number of rotatable bonds is 9. The maximum absolute atomic E-state index is 6.00. The van der Waals surface area contributed by atoms with Crippen molar-refractivity contribution in [3.8, 4) is 101 Å². The van der Waals surface area contributed by atoms with Crippen LogP contribution < -0.4 is 0 Å². The molecule has 0 fully saturated rings. The monoisotopic (exact) mass is 2740 g/mol. The van der Waals surface area contributed by atoms with E-state index in [1.165, 1.54) is 73.7 Å². The number of pyridine rings is 8. The third-order valence-corrected chi connectivity index (χ3v) is 24.4. The number of hydrogen-bond donors (Lipinski definition) is 0. The Balaban J connectivity index is 0.000000135. The van der Waals surface area contributed by atoms with Crippen LogP contribution in [0, 0.1) is 83.1 Å². The molecule has 5 radical (unpaired) electrons. The minimum absolute atomic E-state index is 0. The molecular weight excluding hydrogens is 2650 g/mol. The van der Waals surface area contributed by atoms with E-state index in [9.17, 15) is 0 Å². The molecule has 0 bridgehead atoms. The second-order valence-electron chi connectivity index (χ2n) is 31.7. The first-order valence-electron chi connectivity index (χ1n) is 44.2. The topological polar surface area (TPSA) is 129 Å². The van der Waals surface area contributed by atoms with Gasteiger partial charge in [-0.3, -0.25) is 0 Å². The van der Waals surface area contributed by atoms with Crippen molar-refractivity contribution in [3.63, 3.8) is 0 Å². The van der Waals surface area contributed by atoms with E-state index in [2.05, 4.69) is 237 Å². The molecule has 12 heterocycles.